The van der Waals surface area contributed by atoms with Crippen LogP contribution < -0.4 is 9.46 Å². The summed E-state index contributed by atoms with van der Waals surface area (Å²) in [5, 5.41) is 11.0. The number of carbonyl (C=O) groups is 1. The number of hydrogen-bond acceptors (Lipinski definition) is 7. The number of benzene rings is 2. The van der Waals surface area contributed by atoms with Crippen LogP contribution in [0.1, 0.15) is 12.0 Å². The molecule has 0 fully saturated rings. The monoisotopic (exact) mass is 394 g/mol. The highest BCUT2D eigenvalue weighted by molar-refractivity contribution is 7.89. The summed E-state index contributed by atoms with van der Waals surface area (Å²) in [4.78, 5) is 21.7. The maximum absolute atomic E-state index is 12.2. The van der Waals surface area contributed by atoms with Gasteiger partial charge in [0, 0.05) is 12.6 Å². The van der Waals surface area contributed by atoms with Gasteiger partial charge < -0.3 is 9.47 Å². The third kappa shape index (κ3) is 5.76. The molecule has 2 aromatic rings. The zero-order valence-corrected chi connectivity index (χ0v) is 15.3. The normalized spacial score (nSPS) is 11.0. The smallest absolute Gasteiger partial charge is 0.312 e. The predicted octanol–water partition coefficient (Wildman–Crippen LogP) is 2.02. The summed E-state index contributed by atoms with van der Waals surface area (Å²) < 4.78 is 36.6. The molecule has 0 bridgehead atoms. The Kier molecular flexibility index (Phi) is 6.85. The lowest BCUT2D eigenvalue weighted by atomic mass is 10.2. The van der Waals surface area contributed by atoms with Crippen molar-refractivity contribution in [1.29, 1.82) is 0 Å². The van der Waals surface area contributed by atoms with E-state index in [1.54, 1.807) is 12.1 Å². The van der Waals surface area contributed by atoms with Gasteiger partial charge in [-0.15, -0.1) is 0 Å². The second kappa shape index (κ2) is 9.10. The Morgan fingerprint density at radius 2 is 1.89 bits per heavy atom. The fourth-order valence-electron chi connectivity index (χ4n) is 2.16. The number of sulfonamides is 1. The van der Waals surface area contributed by atoms with Crippen molar-refractivity contribution in [2.45, 2.75) is 17.9 Å². The number of nitro groups is 1. The van der Waals surface area contributed by atoms with Crippen LogP contribution in [0.2, 0.25) is 0 Å². The van der Waals surface area contributed by atoms with Crippen molar-refractivity contribution in [3.05, 3.63) is 64.2 Å². The first-order chi connectivity index (χ1) is 12.8. The highest BCUT2D eigenvalue weighted by Crippen LogP contribution is 2.29. The largest absolute Gasteiger partial charge is 0.490 e. The zero-order chi connectivity index (χ0) is 19.9. The second-order valence-electron chi connectivity index (χ2n) is 5.38. The summed E-state index contributed by atoms with van der Waals surface area (Å²) in [5.74, 6) is -0.620. The molecule has 2 rings (SSSR count). The van der Waals surface area contributed by atoms with Crippen molar-refractivity contribution < 1.29 is 27.6 Å². The Morgan fingerprint density at radius 1 is 1.19 bits per heavy atom. The van der Waals surface area contributed by atoms with Crippen LogP contribution >= 0.6 is 0 Å². The van der Waals surface area contributed by atoms with Gasteiger partial charge >= 0.3 is 11.7 Å². The van der Waals surface area contributed by atoms with E-state index in [1.165, 1.54) is 19.2 Å². The molecule has 1 N–H and O–H groups in total. The van der Waals surface area contributed by atoms with Crippen molar-refractivity contribution >= 4 is 21.7 Å². The number of nitrogens with zero attached hydrogens (tertiary/aromatic N) is 1. The van der Waals surface area contributed by atoms with Crippen LogP contribution in [0.5, 0.6) is 5.75 Å². The van der Waals surface area contributed by atoms with E-state index in [9.17, 15) is 23.3 Å². The number of nitrogens with one attached hydrogen (secondary N) is 1. The number of esters is 1. The Hall–Kier alpha value is -2.98. The highest BCUT2D eigenvalue weighted by Gasteiger charge is 2.22. The van der Waals surface area contributed by atoms with Crippen molar-refractivity contribution in [3.63, 3.8) is 0 Å². The Labute approximate surface area is 156 Å². The molecule has 0 heterocycles. The fraction of sp³-hybridized carbons (Fsp3) is 0.235. The minimum absolute atomic E-state index is 0.0524. The lowest BCUT2D eigenvalue weighted by molar-refractivity contribution is -0.386. The molecule has 0 saturated carbocycles. The van der Waals surface area contributed by atoms with Crippen molar-refractivity contribution in [3.8, 4) is 5.75 Å². The van der Waals surface area contributed by atoms with E-state index in [1.807, 2.05) is 18.2 Å². The average Bonchev–Trinajstić information content (AvgIpc) is 2.66. The van der Waals surface area contributed by atoms with E-state index in [-0.39, 0.29) is 30.2 Å². The van der Waals surface area contributed by atoms with Crippen LogP contribution in [0.25, 0.3) is 0 Å². The molecule has 9 nitrogen and oxygen atoms in total. The van der Waals surface area contributed by atoms with Gasteiger partial charge in [0.25, 0.3) is 0 Å². The molecular weight excluding hydrogens is 376 g/mol. The molecule has 2 aromatic carbocycles. The molecule has 0 amide bonds. The minimum Gasteiger partial charge on any atom is -0.490 e. The van der Waals surface area contributed by atoms with Crippen molar-refractivity contribution in [1.82, 2.24) is 4.72 Å². The fourth-order valence-corrected chi connectivity index (χ4v) is 3.21. The third-order valence-corrected chi connectivity index (χ3v) is 4.98. The van der Waals surface area contributed by atoms with Crippen LogP contribution in [0.15, 0.2) is 53.4 Å². The quantitative estimate of drug-likeness (QED) is 0.392. The van der Waals surface area contributed by atoms with Crippen LogP contribution in [0.3, 0.4) is 0 Å². The molecular formula is C17H18N2O7S. The molecule has 0 saturated heterocycles. The molecule has 27 heavy (non-hydrogen) atoms. The number of carbonyl (C=O) groups excluding carboxylic acids is 1. The van der Waals surface area contributed by atoms with Crippen LogP contribution in [0, 0.1) is 10.1 Å². The van der Waals surface area contributed by atoms with Gasteiger partial charge in [-0.2, -0.15) is 0 Å². The van der Waals surface area contributed by atoms with E-state index in [0.717, 1.165) is 11.6 Å². The third-order valence-electron chi connectivity index (χ3n) is 3.52. The molecule has 0 aromatic heterocycles. The minimum atomic E-state index is -4.02. The van der Waals surface area contributed by atoms with E-state index in [2.05, 4.69) is 4.72 Å². The topological polar surface area (TPSA) is 125 Å². The lowest BCUT2D eigenvalue weighted by Crippen LogP contribution is -2.26. The maximum atomic E-state index is 12.2. The Morgan fingerprint density at radius 3 is 2.52 bits per heavy atom. The molecule has 0 radical (unpaired) electrons. The first-order valence-electron chi connectivity index (χ1n) is 7.85. The number of ether oxygens (including phenoxy) is 2. The number of nitro benzene ring substituents is 1. The van der Waals surface area contributed by atoms with Crippen LogP contribution in [-0.2, 0) is 26.2 Å². The Balaban J connectivity index is 1.92. The van der Waals surface area contributed by atoms with E-state index >= 15 is 0 Å². The summed E-state index contributed by atoms with van der Waals surface area (Å²) in [6.07, 6.45) is -0.176. The molecule has 10 heteroatoms. The summed E-state index contributed by atoms with van der Waals surface area (Å²) >= 11 is 0. The van der Waals surface area contributed by atoms with Gasteiger partial charge in [0.15, 0.2) is 5.75 Å². The molecule has 0 unspecified atom stereocenters. The van der Waals surface area contributed by atoms with Crippen molar-refractivity contribution in [2.75, 3.05) is 13.7 Å². The SMILES string of the molecule is COc1ccc(S(=O)(=O)NCCC(=O)OCc2ccccc2)cc1[N+](=O)[O-]. The van der Waals surface area contributed by atoms with Crippen LogP contribution in [-0.4, -0.2) is 33.0 Å². The molecule has 0 aliphatic heterocycles. The zero-order valence-electron chi connectivity index (χ0n) is 14.5. The Bertz CT molecular complexity index is 914. The summed E-state index contributed by atoms with van der Waals surface area (Å²) in [7, 11) is -2.78. The number of rotatable bonds is 9. The van der Waals surface area contributed by atoms with Crippen LogP contribution in [0.4, 0.5) is 5.69 Å². The van der Waals surface area contributed by atoms with Crippen molar-refractivity contribution in [2.24, 2.45) is 0 Å². The molecule has 0 aliphatic rings. The van der Waals surface area contributed by atoms with Gasteiger partial charge in [-0.3, -0.25) is 14.9 Å². The number of hydrogen-bond donors (Lipinski definition) is 1. The van der Waals surface area contributed by atoms with E-state index < -0.39 is 26.6 Å². The first kappa shape index (κ1) is 20.3. The molecule has 0 spiro atoms. The summed E-state index contributed by atoms with van der Waals surface area (Å²) in [6.45, 7) is -0.104. The number of methoxy groups -OCH3 is 1. The lowest BCUT2D eigenvalue weighted by Gasteiger charge is -2.08. The standard InChI is InChI=1S/C17H18N2O7S/c1-25-16-8-7-14(11-15(16)19(21)22)27(23,24)18-10-9-17(20)26-12-13-5-3-2-4-6-13/h2-8,11,18H,9-10,12H2,1H3. The van der Waals surface area contributed by atoms with Gasteiger partial charge in [0.05, 0.1) is 23.3 Å². The van der Waals surface area contributed by atoms with Gasteiger partial charge in [-0.05, 0) is 17.7 Å². The molecule has 0 atom stereocenters. The summed E-state index contributed by atoms with van der Waals surface area (Å²) in [5.41, 5.74) is 0.347. The van der Waals surface area contributed by atoms with Gasteiger partial charge in [0.1, 0.15) is 6.61 Å². The predicted molar refractivity (Wildman–Crippen MR) is 95.7 cm³/mol. The second-order valence-corrected chi connectivity index (χ2v) is 7.15. The molecule has 144 valence electrons. The van der Waals surface area contributed by atoms with Gasteiger partial charge in [-0.1, -0.05) is 30.3 Å². The van der Waals surface area contributed by atoms with E-state index in [0.29, 0.717) is 0 Å². The average molecular weight is 394 g/mol. The van der Waals surface area contributed by atoms with E-state index in [4.69, 9.17) is 9.47 Å². The highest BCUT2D eigenvalue weighted by atomic mass is 32.2. The van der Waals surface area contributed by atoms with Gasteiger partial charge in [0.2, 0.25) is 10.0 Å². The molecule has 0 aliphatic carbocycles. The maximum Gasteiger partial charge on any atom is 0.312 e. The summed E-state index contributed by atoms with van der Waals surface area (Å²) in [6, 6.07) is 12.3. The first-order valence-corrected chi connectivity index (χ1v) is 9.33. The van der Waals surface area contributed by atoms with Gasteiger partial charge in [-0.25, -0.2) is 13.1 Å².